The molecule has 10 heteroatoms. The number of phenolic OH excluding ortho intramolecular Hbond substituents is 2. The zero-order valence-electron chi connectivity index (χ0n) is 21.5. The summed E-state index contributed by atoms with van der Waals surface area (Å²) in [6.45, 7) is 3.30. The summed E-state index contributed by atoms with van der Waals surface area (Å²) in [6, 6.07) is 12.9. The molecule has 3 aromatic carbocycles. The van der Waals surface area contributed by atoms with Crippen molar-refractivity contribution in [3.05, 3.63) is 72.8 Å². The van der Waals surface area contributed by atoms with Crippen molar-refractivity contribution in [3.8, 4) is 56.8 Å². The third-order valence-corrected chi connectivity index (χ3v) is 7.20. The van der Waals surface area contributed by atoms with Crippen LogP contribution in [0.2, 0.25) is 0 Å². The van der Waals surface area contributed by atoms with Gasteiger partial charge in [0, 0.05) is 12.2 Å². The van der Waals surface area contributed by atoms with Crippen LogP contribution < -0.4 is 18.9 Å². The highest BCUT2D eigenvalue weighted by Crippen LogP contribution is 2.64. The Morgan fingerprint density at radius 1 is 0.675 bits per heavy atom. The zero-order valence-corrected chi connectivity index (χ0v) is 21.5. The number of aliphatic hydroxyl groups is 2. The van der Waals surface area contributed by atoms with Crippen molar-refractivity contribution in [2.75, 3.05) is 0 Å². The van der Waals surface area contributed by atoms with E-state index in [1.807, 2.05) is 0 Å². The monoisotopic (exact) mass is 546 g/mol. The molecule has 0 aromatic heterocycles. The Labute approximate surface area is 228 Å². The molecule has 0 bridgehead atoms. The molecule has 10 nitrogen and oxygen atoms in total. The van der Waals surface area contributed by atoms with Gasteiger partial charge >= 0.3 is 11.9 Å². The summed E-state index contributed by atoms with van der Waals surface area (Å²) in [5, 5.41) is 40.3. The number of aromatic hydroxyl groups is 2. The van der Waals surface area contributed by atoms with E-state index in [1.165, 1.54) is 30.3 Å². The van der Waals surface area contributed by atoms with Gasteiger partial charge in [-0.25, -0.2) is 0 Å². The van der Waals surface area contributed by atoms with Gasteiger partial charge in [-0.2, -0.15) is 0 Å². The van der Waals surface area contributed by atoms with Crippen molar-refractivity contribution in [3.63, 3.8) is 0 Å². The van der Waals surface area contributed by atoms with E-state index in [9.17, 15) is 20.4 Å². The van der Waals surface area contributed by atoms with Crippen LogP contribution in [-0.2, 0) is 9.47 Å². The summed E-state index contributed by atoms with van der Waals surface area (Å²) in [5.74, 6) is -2.09. The minimum absolute atomic E-state index is 0.0724. The molecule has 4 heterocycles. The normalized spacial score (nSPS) is 25.1. The minimum atomic E-state index is -1.67. The highest BCUT2D eigenvalue weighted by atomic mass is 16.9. The van der Waals surface area contributed by atoms with Crippen molar-refractivity contribution in [2.24, 2.45) is 0 Å². The van der Waals surface area contributed by atoms with Gasteiger partial charge in [0.05, 0.1) is 29.4 Å². The van der Waals surface area contributed by atoms with Gasteiger partial charge < -0.3 is 39.4 Å². The molecule has 4 N–H and O–H groups in total. The number of rotatable bonds is 3. The smallest absolute Gasteiger partial charge is 0.395 e. The highest BCUT2D eigenvalue weighted by molar-refractivity contribution is 5.94. The maximum Gasteiger partial charge on any atom is 0.395 e. The molecular weight excluding hydrogens is 520 g/mol. The molecule has 0 aliphatic carbocycles. The number of phenols is 2. The number of benzene rings is 3. The molecule has 0 radical (unpaired) electrons. The number of ether oxygens (including phenoxy) is 6. The second kappa shape index (κ2) is 8.64. The van der Waals surface area contributed by atoms with Gasteiger partial charge in [0.15, 0.2) is 23.0 Å². The van der Waals surface area contributed by atoms with Crippen molar-refractivity contribution in [1.82, 2.24) is 0 Å². The van der Waals surface area contributed by atoms with Gasteiger partial charge in [-0.3, -0.25) is 9.47 Å². The molecule has 0 amide bonds. The average Bonchev–Trinajstić information content (AvgIpc) is 3.62. The summed E-state index contributed by atoms with van der Waals surface area (Å²) < 4.78 is 37.6. The zero-order chi connectivity index (χ0) is 27.8. The van der Waals surface area contributed by atoms with Gasteiger partial charge in [-0.15, -0.1) is 0 Å². The summed E-state index contributed by atoms with van der Waals surface area (Å²) in [5.41, 5.74) is 2.14. The Balaban J connectivity index is 1.47. The predicted octanol–water partition coefficient (Wildman–Crippen LogP) is 3.95. The topological polar surface area (TPSA) is 136 Å². The molecule has 206 valence electrons. The van der Waals surface area contributed by atoms with Crippen LogP contribution >= 0.6 is 0 Å². The number of fused-ring (bicyclic) bond motifs is 2. The minimum Gasteiger partial charge on any atom is -0.508 e. The van der Waals surface area contributed by atoms with Gasteiger partial charge in [-0.05, 0) is 61.4 Å². The molecule has 2 spiro atoms. The van der Waals surface area contributed by atoms with Crippen LogP contribution in [0.5, 0.6) is 34.5 Å². The SMILES string of the molecule is CC(O)C1C=CC2(Oc3c(c(-c4ccc(O)cc4)c4c(c3-c3ccc(O)cc3)OC3(C=CC(O)C(C)O3)O4)O2)O1. The van der Waals surface area contributed by atoms with E-state index in [0.29, 0.717) is 22.3 Å². The fourth-order valence-corrected chi connectivity index (χ4v) is 5.15. The fraction of sp³-hybridized carbons (Fsp3) is 0.267. The summed E-state index contributed by atoms with van der Waals surface area (Å²) >= 11 is 0. The van der Waals surface area contributed by atoms with Crippen molar-refractivity contribution >= 4 is 0 Å². The number of hydrogen-bond donors (Lipinski definition) is 4. The Hall–Kier alpha value is -4.22. The second-order valence-electron chi connectivity index (χ2n) is 10.1. The van der Waals surface area contributed by atoms with Crippen LogP contribution in [0.4, 0.5) is 0 Å². The van der Waals surface area contributed by atoms with E-state index in [4.69, 9.17) is 28.4 Å². The lowest BCUT2D eigenvalue weighted by molar-refractivity contribution is -0.282. The Morgan fingerprint density at radius 3 is 1.50 bits per heavy atom. The second-order valence-corrected chi connectivity index (χ2v) is 10.1. The molecule has 4 aliphatic heterocycles. The molecule has 4 unspecified atom stereocenters. The molecule has 7 rings (SSSR count). The van der Waals surface area contributed by atoms with Crippen LogP contribution in [0.25, 0.3) is 22.3 Å². The van der Waals surface area contributed by atoms with Gasteiger partial charge in [-0.1, -0.05) is 24.3 Å². The van der Waals surface area contributed by atoms with E-state index < -0.39 is 36.4 Å². The molecular formula is C30H26O10. The first-order valence-electron chi connectivity index (χ1n) is 12.9. The average molecular weight is 547 g/mol. The Kier molecular flexibility index (Phi) is 5.35. The first-order chi connectivity index (χ1) is 19.2. The third-order valence-electron chi connectivity index (χ3n) is 7.20. The summed E-state index contributed by atoms with van der Waals surface area (Å²) in [4.78, 5) is 0. The Morgan fingerprint density at radius 2 is 1.10 bits per heavy atom. The van der Waals surface area contributed by atoms with E-state index in [2.05, 4.69) is 0 Å². The van der Waals surface area contributed by atoms with E-state index >= 15 is 0 Å². The third kappa shape index (κ3) is 3.80. The van der Waals surface area contributed by atoms with Crippen LogP contribution in [-0.4, -0.2) is 56.8 Å². The van der Waals surface area contributed by atoms with E-state index in [0.717, 1.165) is 0 Å². The summed E-state index contributed by atoms with van der Waals surface area (Å²) in [6.07, 6.45) is 3.34. The first kappa shape index (κ1) is 24.8. The van der Waals surface area contributed by atoms with Crippen LogP contribution in [0.1, 0.15) is 13.8 Å². The van der Waals surface area contributed by atoms with Crippen LogP contribution in [0, 0.1) is 0 Å². The molecule has 4 aliphatic rings. The molecule has 40 heavy (non-hydrogen) atoms. The van der Waals surface area contributed by atoms with Gasteiger partial charge in [0.2, 0.25) is 0 Å². The molecule has 3 aromatic rings. The molecule has 0 fully saturated rings. The van der Waals surface area contributed by atoms with E-state index in [-0.39, 0.29) is 34.5 Å². The number of hydrogen-bond acceptors (Lipinski definition) is 10. The van der Waals surface area contributed by atoms with E-state index in [1.54, 1.807) is 56.3 Å². The van der Waals surface area contributed by atoms with Crippen LogP contribution in [0.3, 0.4) is 0 Å². The van der Waals surface area contributed by atoms with Gasteiger partial charge in [0.25, 0.3) is 0 Å². The quantitative estimate of drug-likeness (QED) is 0.358. The first-order valence-corrected chi connectivity index (χ1v) is 12.9. The lowest BCUT2D eigenvalue weighted by atomic mass is 9.95. The maximum atomic E-state index is 10.2. The summed E-state index contributed by atoms with van der Waals surface area (Å²) in [7, 11) is 0. The maximum absolute atomic E-state index is 10.2. The highest BCUT2D eigenvalue weighted by Gasteiger charge is 2.55. The largest absolute Gasteiger partial charge is 0.508 e. The molecule has 0 saturated carbocycles. The Bertz CT molecular complexity index is 1460. The number of aliphatic hydroxyl groups excluding tert-OH is 2. The lowest BCUT2D eigenvalue weighted by Gasteiger charge is -2.32. The fourth-order valence-electron chi connectivity index (χ4n) is 5.15. The lowest BCUT2D eigenvalue weighted by Crippen LogP contribution is -2.48. The molecule has 4 atom stereocenters. The standard InChI is InChI=1S/C30H26O10/c1-15(31)22-12-14-30(36-22)39-27-23(17-3-7-19(32)8-4-17)25-26(38-29(37-25)13-11-21(34)16(2)35-29)24(28(27)40-30)18-5-9-20(33)10-6-18/h3-16,21-22,31-34H,1-2H3. The predicted molar refractivity (Wildman–Crippen MR) is 140 cm³/mol. The molecule has 0 saturated heterocycles. The van der Waals surface area contributed by atoms with Crippen molar-refractivity contribution in [1.29, 1.82) is 0 Å². The van der Waals surface area contributed by atoms with Crippen molar-refractivity contribution in [2.45, 2.75) is 50.2 Å². The van der Waals surface area contributed by atoms with Crippen LogP contribution in [0.15, 0.2) is 72.8 Å². The van der Waals surface area contributed by atoms with Crippen molar-refractivity contribution < 1.29 is 48.8 Å². The van der Waals surface area contributed by atoms with Gasteiger partial charge in [0.1, 0.15) is 17.6 Å².